The van der Waals surface area contributed by atoms with Crippen molar-refractivity contribution < 1.29 is 0 Å². The smallest absolute Gasteiger partial charge is 0.0852 e. The number of rotatable bonds is 9. The molecule has 0 heterocycles. The highest BCUT2D eigenvalue weighted by molar-refractivity contribution is 6.14. The molecule has 4 N–H and O–H groups in total. The Bertz CT molecular complexity index is 2330. The Hall–Kier alpha value is -5.58. The van der Waals surface area contributed by atoms with Crippen molar-refractivity contribution in [1.82, 2.24) is 10.6 Å². The van der Waals surface area contributed by atoms with Crippen LogP contribution >= 0.6 is 0 Å². The van der Waals surface area contributed by atoms with Crippen molar-refractivity contribution in [2.45, 2.75) is 18.9 Å². The minimum absolute atomic E-state index is 0.234. The van der Waals surface area contributed by atoms with E-state index in [2.05, 4.69) is 168 Å². The lowest BCUT2D eigenvalue weighted by Gasteiger charge is -2.27. The van der Waals surface area contributed by atoms with Crippen LogP contribution in [0.15, 0.2) is 176 Å². The molecule has 8 rings (SSSR count). The lowest BCUT2D eigenvalue weighted by Crippen LogP contribution is -2.39. The minimum Gasteiger partial charge on any atom is -0.312 e. The Morgan fingerprint density at radius 3 is 1.77 bits per heavy atom. The van der Waals surface area contributed by atoms with E-state index < -0.39 is 0 Å². The molecule has 0 aliphatic heterocycles. The number of benzene rings is 8. The van der Waals surface area contributed by atoms with E-state index in [0.29, 0.717) is 6.54 Å². The first-order valence-electron chi connectivity index (χ1n) is 16.6. The Morgan fingerprint density at radius 2 is 1.04 bits per heavy atom. The van der Waals surface area contributed by atoms with Crippen molar-refractivity contribution in [3.8, 4) is 22.3 Å². The molecule has 0 radical (unpaired) electrons. The number of nitrogens with one attached hydrogen (secondary N) is 2. The van der Waals surface area contributed by atoms with E-state index >= 15 is 0 Å². The summed E-state index contributed by atoms with van der Waals surface area (Å²) in [6, 6.07) is 62.5. The van der Waals surface area contributed by atoms with E-state index in [1.54, 1.807) is 0 Å². The molecule has 0 bridgehead atoms. The summed E-state index contributed by atoms with van der Waals surface area (Å²) >= 11 is 0. The third-order valence-electron chi connectivity index (χ3n) is 9.42. The number of fused-ring (bicyclic) bond motifs is 4. The van der Waals surface area contributed by atoms with Crippen LogP contribution in [0, 0.1) is 0 Å². The van der Waals surface area contributed by atoms with Gasteiger partial charge in [-0.1, -0.05) is 164 Å². The van der Waals surface area contributed by atoms with Crippen LogP contribution in [-0.4, -0.2) is 0 Å². The zero-order valence-corrected chi connectivity index (χ0v) is 26.7. The molecule has 0 aliphatic carbocycles. The average Bonchev–Trinajstić information content (AvgIpc) is 3.16. The number of hydrogen-bond donors (Lipinski definition) is 3. The second kappa shape index (κ2) is 13.3. The summed E-state index contributed by atoms with van der Waals surface area (Å²) in [5.74, 6) is 0. The average molecular weight is 620 g/mol. The first kappa shape index (κ1) is 29.8. The first-order valence-corrected chi connectivity index (χ1v) is 16.6. The summed E-state index contributed by atoms with van der Waals surface area (Å²) in [7, 11) is 0. The van der Waals surface area contributed by atoms with Crippen molar-refractivity contribution in [3.63, 3.8) is 0 Å². The molecule has 0 spiro atoms. The van der Waals surface area contributed by atoms with Gasteiger partial charge in [0.05, 0.1) is 12.3 Å². The molecule has 0 saturated heterocycles. The van der Waals surface area contributed by atoms with Crippen LogP contribution in [0.2, 0.25) is 0 Å². The van der Waals surface area contributed by atoms with Crippen LogP contribution in [0.1, 0.15) is 29.0 Å². The zero-order chi connectivity index (χ0) is 32.3. The van der Waals surface area contributed by atoms with E-state index in [0.717, 1.165) is 11.1 Å². The molecule has 3 nitrogen and oxygen atoms in total. The predicted octanol–water partition coefficient (Wildman–Crippen LogP) is 10.5. The van der Waals surface area contributed by atoms with Crippen molar-refractivity contribution in [1.29, 1.82) is 0 Å². The van der Waals surface area contributed by atoms with Gasteiger partial charge >= 0.3 is 0 Å². The molecular formula is C45H37N3. The van der Waals surface area contributed by atoms with Crippen molar-refractivity contribution in [2.75, 3.05) is 0 Å². The zero-order valence-electron chi connectivity index (χ0n) is 26.7. The number of hydrogen-bond acceptors (Lipinski definition) is 3. The van der Waals surface area contributed by atoms with Gasteiger partial charge in [-0.3, -0.25) is 10.6 Å². The fourth-order valence-electron chi connectivity index (χ4n) is 6.98. The standard InChI is InChI=1S/C45H37N3/c46-44(34-19-8-3-9-20-34)48-45(36-25-26-39(31-14-4-1-5-15-31)41(29-36)32-16-6-2-7-17-32)47-30-43-38-23-13-11-21-35(38)28-42-37-22-12-10-18-33(37)24-27-40(42)43/h1-29,44-45,47-48H,30,46H2. The molecule has 8 aromatic rings. The predicted molar refractivity (Wildman–Crippen MR) is 202 cm³/mol. The van der Waals surface area contributed by atoms with Crippen LogP contribution < -0.4 is 16.4 Å². The van der Waals surface area contributed by atoms with E-state index in [9.17, 15) is 0 Å². The SMILES string of the molecule is NC(NC(NCc1c2ccccc2cc2c1ccc1ccccc12)c1ccc(-c2ccccc2)c(-c2ccccc2)c1)c1ccccc1. The number of nitrogens with two attached hydrogens (primary N) is 1. The Kier molecular flexibility index (Phi) is 8.24. The van der Waals surface area contributed by atoms with Crippen LogP contribution in [0.25, 0.3) is 54.6 Å². The summed E-state index contributed by atoms with van der Waals surface area (Å²) in [6.07, 6.45) is -0.604. The Balaban J connectivity index is 1.24. The molecule has 48 heavy (non-hydrogen) atoms. The maximum atomic E-state index is 6.86. The highest BCUT2D eigenvalue weighted by atomic mass is 15.2. The van der Waals surface area contributed by atoms with Crippen molar-refractivity contribution >= 4 is 32.3 Å². The van der Waals surface area contributed by atoms with E-state index in [-0.39, 0.29) is 12.3 Å². The Labute approximate surface area is 281 Å². The maximum Gasteiger partial charge on any atom is 0.0852 e. The third-order valence-corrected chi connectivity index (χ3v) is 9.42. The van der Waals surface area contributed by atoms with E-state index in [1.165, 1.54) is 60.1 Å². The lowest BCUT2D eigenvalue weighted by atomic mass is 9.91. The minimum atomic E-state index is -0.370. The van der Waals surface area contributed by atoms with Gasteiger partial charge in [-0.2, -0.15) is 0 Å². The van der Waals surface area contributed by atoms with Gasteiger partial charge in [-0.05, 0) is 83.4 Å². The molecule has 0 aliphatic rings. The molecule has 8 aromatic carbocycles. The van der Waals surface area contributed by atoms with Crippen LogP contribution in [-0.2, 0) is 6.54 Å². The van der Waals surface area contributed by atoms with E-state index in [1.807, 2.05) is 18.2 Å². The molecular weight excluding hydrogens is 583 g/mol. The van der Waals surface area contributed by atoms with Gasteiger partial charge in [0.25, 0.3) is 0 Å². The summed E-state index contributed by atoms with van der Waals surface area (Å²) in [6.45, 7) is 0.649. The summed E-state index contributed by atoms with van der Waals surface area (Å²) in [4.78, 5) is 0. The molecule has 0 aromatic heterocycles. The van der Waals surface area contributed by atoms with Gasteiger partial charge in [0, 0.05) is 6.54 Å². The third kappa shape index (κ3) is 5.87. The Morgan fingerprint density at radius 1 is 0.438 bits per heavy atom. The lowest BCUT2D eigenvalue weighted by molar-refractivity contribution is 0.387. The molecule has 0 amide bonds. The topological polar surface area (TPSA) is 50.1 Å². The fraction of sp³-hybridized carbons (Fsp3) is 0.0667. The van der Waals surface area contributed by atoms with Gasteiger partial charge in [-0.15, -0.1) is 0 Å². The normalized spacial score (nSPS) is 12.8. The van der Waals surface area contributed by atoms with Gasteiger partial charge in [0.1, 0.15) is 0 Å². The first-order chi connectivity index (χ1) is 23.7. The highest BCUT2D eigenvalue weighted by Gasteiger charge is 2.20. The second-order valence-electron chi connectivity index (χ2n) is 12.4. The largest absolute Gasteiger partial charge is 0.312 e. The highest BCUT2D eigenvalue weighted by Crippen LogP contribution is 2.36. The monoisotopic (exact) mass is 619 g/mol. The molecule has 2 atom stereocenters. The van der Waals surface area contributed by atoms with Crippen molar-refractivity contribution in [2.24, 2.45) is 5.73 Å². The maximum absolute atomic E-state index is 6.86. The van der Waals surface area contributed by atoms with Gasteiger partial charge in [-0.25, -0.2) is 0 Å². The molecule has 0 saturated carbocycles. The quantitative estimate of drug-likeness (QED) is 0.0856. The molecule has 0 fully saturated rings. The van der Waals surface area contributed by atoms with E-state index in [4.69, 9.17) is 5.73 Å². The second-order valence-corrected chi connectivity index (χ2v) is 12.4. The van der Waals surface area contributed by atoms with Gasteiger partial charge in [0.2, 0.25) is 0 Å². The fourth-order valence-corrected chi connectivity index (χ4v) is 6.98. The van der Waals surface area contributed by atoms with Gasteiger partial charge in [0.15, 0.2) is 0 Å². The van der Waals surface area contributed by atoms with Gasteiger partial charge < -0.3 is 5.73 Å². The summed E-state index contributed by atoms with van der Waals surface area (Å²) in [5.41, 5.74) is 15.0. The molecule has 3 heteroatoms. The van der Waals surface area contributed by atoms with Crippen LogP contribution in [0.3, 0.4) is 0 Å². The summed E-state index contributed by atoms with van der Waals surface area (Å²) < 4.78 is 0. The summed E-state index contributed by atoms with van der Waals surface area (Å²) in [5, 5.41) is 15.2. The molecule has 2 unspecified atom stereocenters. The van der Waals surface area contributed by atoms with Crippen molar-refractivity contribution in [3.05, 3.63) is 193 Å². The molecule has 232 valence electrons. The van der Waals surface area contributed by atoms with Crippen LogP contribution in [0.5, 0.6) is 0 Å². The van der Waals surface area contributed by atoms with Crippen LogP contribution in [0.4, 0.5) is 0 Å².